The normalized spacial score (nSPS) is 14.3. The van der Waals surface area contributed by atoms with Crippen LogP contribution in [0.4, 0.5) is 5.69 Å². The van der Waals surface area contributed by atoms with Crippen molar-refractivity contribution >= 4 is 41.3 Å². The van der Waals surface area contributed by atoms with Gasteiger partial charge in [-0.1, -0.05) is 66.2 Å². The van der Waals surface area contributed by atoms with Crippen LogP contribution in [0.25, 0.3) is 12.2 Å². The average Bonchev–Trinajstić information content (AvgIpc) is 2.88. The molecule has 0 saturated carbocycles. The van der Waals surface area contributed by atoms with E-state index < -0.39 is 5.91 Å². The number of rotatable bonds is 6. The molecule has 0 spiro atoms. The van der Waals surface area contributed by atoms with Crippen molar-refractivity contribution < 1.29 is 9.59 Å². The van der Waals surface area contributed by atoms with Gasteiger partial charge in [0.2, 0.25) is 0 Å². The molecule has 1 N–H and O–H groups in total. The predicted molar refractivity (Wildman–Crippen MR) is 136 cm³/mol. The predicted octanol–water partition coefficient (Wildman–Crippen LogP) is 4.57. The molecule has 2 amide bonds. The van der Waals surface area contributed by atoms with Crippen molar-refractivity contribution in [2.75, 3.05) is 31.5 Å². The van der Waals surface area contributed by atoms with Crippen LogP contribution in [0.15, 0.2) is 90.8 Å². The number of anilines is 1. The maximum Gasteiger partial charge on any atom is 0.261 e. The van der Waals surface area contributed by atoms with Crippen LogP contribution in [0, 0.1) is 0 Å². The first-order valence-electron chi connectivity index (χ1n) is 11.1. The average molecular weight is 473 g/mol. The molecule has 0 bridgehead atoms. The van der Waals surface area contributed by atoms with Gasteiger partial charge in [0.25, 0.3) is 11.8 Å². The molecule has 1 aromatic heterocycles. The Morgan fingerprint density at radius 2 is 1.56 bits per heavy atom. The van der Waals surface area contributed by atoms with Crippen molar-refractivity contribution in [3.8, 4) is 0 Å². The molecule has 0 unspecified atom stereocenters. The molecule has 0 aliphatic carbocycles. The molecule has 3 aromatic rings. The fourth-order valence-electron chi connectivity index (χ4n) is 3.61. The summed E-state index contributed by atoms with van der Waals surface area (Å²) >= 11 is 6.20. The third-order valence-electron chi connectivity index (χ3n) is 5.47. The van der Waals surface area contributed by atoms with Crippen LogP contribution in [0.1, 0.15) is 11.1 Å². The molecule has 4 rings (SSSR count). The summed E-state index contributed by atoms with van der Waals surface area (Å²) in [7, 11) is 0. The highest BCUT2D eigenvalue weighted by molar-refractivity contribution is 6.32. The maximum absolute atomic E-state index is 13.4. The van der Waals surface area contributed by atoms with Crippen LogP contribution in [0.3, 0.4) is 0 Å². The second-order valence-electron chi connectivity index (χ2n) is 7.82. The largest absolute Gasteiger partial charge is 0.374 e. The molecule has 1 fully saturated rings. The minimum absolute atomic E-state index is 0.0204. The fourth-order valence-corrected chi connectivity index (χ4v) is 3.78. The molecule has 2 heterocycles. The quantitative estimate of drug-likeness (QED) is 0.247. The molecule has 1 saturated heterocycles. The second kappa shape index (κ2) is 11.3. The molecule has 34 heavy (non-hydrogen) atoms. The molecule has 172 valence electrons. The summed E-state index contributed by atoms with van der Waals surface area (Å²) in [6.07, 6.45) is 7.18. The van der Waals surface area contributed by atoms with Crippen molar-refractivity contribution in [1.82, 2.24) is 14.8 Å². The summed E-state index contributed by atoms with van der Waals surface area (Å²) in [4.78, 5) is 34.5. The minimum atomic E-state index is -0.484. The van der Waals surface area contributed by atoms with Crippen molar-refractivity contribution in [2.45, 2.75) is 0 Å². The third-order valence-corrected chi connectivity index (χ3v) is 5.79. The van der Waals surface area contributed by atoms with Gasteiger partial charge in [-0.05, 0) is 42.1 Å². The van der Waals surface area contributed by atoms with E-state index in [4.69, 9.17) is 11.6 Å². The van der Waals surface area contributed by atoms with Gasteiger partial charge < -0.3 is 15.1 Å². The number of aromatic nitrogens is 1. The van der Waals surface area contributed by atoms with E-state index in [0.29, 0.717) is 37.4 Å². The Morgan fingerprint density at radius 1 is 0.882 bits per heavy atom. The van der Waals surface area contributed by atoms with E-state index in [9.17, 15) is 9.59 Å². The lowest BCUT2D eigenvalue weighted by molar-refractivity contribution is -0.130. The number of nitrogens with one attached hydrogen (secondary N) is 1. The Hall–Kier alpha value is -3.90. The molecule has 7 heteroatoms. The van der Waals surface area contributed by atoms with Crippen LogP contribution < -0.4 is 5.32 Å². The summed E-state index contributed by atoms with van der Waals surface area (Å²) < 4.78 is 0. The lowest BCUT2D eigenvalue weighted by atomic mass is 10.1. The van der Waals surface area contributed by atoms with Gasteiger partial charge in [-0.2, -0.15) is 0 Å². The van der Waals surface area contributed by atoms with Gasteiger partial charge in [-0.15, -0.1) is 0 Å². The molecule has 1 aliphatic heterocycles. The number of piperazine rings is 1. The first kappa shape index (κ1) is 23.3. The summed E-state index contributed by atoms with van der Waals surface area (Å²) in [5.74, 6) is -0.817. The minimum Gasteiger partial charge on any atom is -0.374 e. The van der Waals surface area contributed by atoms with Gasteiger partial charge in [0, 0.05) is 43.6 Å². The Balaban J connectivity index is 1.49. The maximum atomic E-state index is 13.4. The number of amides is 2. The molecule has 0 radical (unpaired) electrons. The fraction of sp³-hybridized carbons (Fsp3) is 0.148. The van der Waals surface area contributed by atoms with E-state index in [-0.39, 0.29) is 16.6 Å². The molecule has 2 aromatic carbocycles. The van der Waals surface area contributed by atoms with Crippen molar-refractivity contribution in [1.29, 1.82) is 0 Å². The number of nitrogens with zero attached hydrogens (tertiary/aromatic N) is 3. The van der Waals surface area contributed by atoms with Crippen molar-refractivity contribution in [3.63, 3.8) is 0 Å². The zero-order chi connectivity index (χ0) is 23.8. The SMILES string of the molecule is O=C(Nc1ccccc1)/C(=C\c1cccnc1Cl)C(=O)N1CCN(/C=C/c2ccccc2)CC1. The number of hydrogen-bond donors (Lipinski definition) is 1. The lowest BCUT2D eigenvalue weighted by Gasteiger charge is -2.34. The zero-order valence-electron chi connectivity index (χ0n) is 18.6. The van der Waals surface area contributed by atoms with E-state index in [2.05, 4.69) is 21.3 Å². The van der Waals surface area contributed by atoms with Crippen LogP contribution in [0.5, 0.6) is 0 Å². The first-order chi connectivity index (χ1) is 16.6. The van der Waals surface area contributed by atoms with Gasteiger partial charge in [0.15, 0.2) is 0 Å². The molecular formula is C27H25ClN4O2. The topological polar surface area (TPSA) is 65.5 Å². The van der Waals surface area contributed by atoms with Gasteiger partial charge in [0.05, 0.1) is 0 Å². The van der Waals surface area contributed by atoms with Crippen LogP contribution in [-0.2, 0) is 9.59 Å². The zero-order valence-corrected chi connectivity index (χ0v) is 19.4. The number of hydrogen-bond acceptors (Lipinski definition) is 4. The Kier molecular flexibility index (Phi) is 7.73. The number of carbonyl (C=O) groups excluding carboxylic acids is 2. The summed E-state index contributed by atoms with van der Waals surface area (Å²) in [5, 5.41) is 3.04. The van der Waals surface area contributed by atoms with E-state index in [0.717, 1.165) is 5.56 Å². The van der Waals surface area contributed by atoms with Gasteiger partial charge >= 0.3 is 0 Å². The second-order valence-corrected chi connectivity index (χ2v) is 8.17. The van der Waals surface area contributed by atoms with Crippen LogP contribution >= 0.6 is 11.6 Å². The summed E-state index contributed by atoms with van der Waals surface area (Å²) in [5.41, 5.74) is 2.27. The van der Waals surface area contributed by atoms with Gasteiger partial charge in [-0.3, -0.25) is 9.59 Å². The number of halogens is 1. The summed E-state index contributed by atoms with van der Waals surface area (Å²) in [6, 6.07) is 22.6. The van der Waals surface area contributed by atoms with Crippen LogP contribution in [-0.4, -0.2) is 52.8 Å². The molecule has 6 nitrogen and oxygen atoms in total. The Bertz CT molecular complexity index is 1190. The monoisotopic (exact) mass is 472 g/mol. The van der Waals surface area contributed by atoms with E-state index >= 15 is 0 Å². The standard InChI is InChI=1S/C27H25ClN4O2/c28-25-22(10-7-14-29-25)20-24(26(33)30-23-11-5-2-6-12-23)27(34)32-18-16-31(17-19-32)15-13-21-8-3-1-4-9-21/h1-15,20H,16-19H2,(H,30,33)/b15-13+,24-20+. The van der Waals surface area contributed by atoms with Crippen molar-refractivity contribution in [2.24, 2.45) is 0 Å². The summed E-state index contributed by atoms with van der Waals surface area (Å²) in [6.45, 7) is 2.37. The van der Waals surface area contributed by atoms with E-state index in [1.807, 2.05) is 54.7 Å². The van der Waals surface area contributed by atoms with Gasteiger partial charge in [-0.25, -0.2) is 4.98 Å². The Morgan fingerprint density at radius 3 is 2.24 bits per heavy atom. The number of para-hydroxylation sites is 1. The Labute approximate surface area is 204 Å². The molecule has 0 atom stereocenters. The molecular weight excluding hydrogens is 448 g/mol. The highest BCUT2D eigenvalue weighted by atomic mass is 35.5. The number of pyridine rings is 1. The van der Waals surface area contributed by atoms with Crippen LogP contribution in [0.2, 0.25) is 5.15 Å². The van der Waals surface area contributed by atoms with Gasteiger partial charge in [0.1, 0.15) is 10.7 Å². The van der Waals surface area contributed by atoms with E-state index in [1.165, 1.54) is 6.08 Å². The lowest BCUT2D eigenvalue weighted by Crippen LogP contribution is -2.48. The number of carbonyl (C=O) groups is 2. The number of benzene rings is 2. The molecule has 1 aliphatic rings. The highest BCUT2D eigenvalue weighted by Gasteiger charge is 2.27. The highest BCUT2D eigenvalue weighted by Crippen LogP contribution is 2.19. The third kappa shape index (κ3) is 6.11. The first-order valence-corrected chi connectivity index (χ1v) is 11.4. The smallest absolute Gasteiger partial charge is 0.261 e. The van der Waals surface area contributed by atoms with E-state index in [1.54, 1.807) is 35.4 Å². The van der Waals surface area contributed by atoms with Crippen molar-refractivity contribution in [3.05, 3.63) is 107 Å².